The molecule has 2 aromatic heterocycles. The Morgan fingerprint density at radius 2 is 1.15 bits per heavy atom. The van der Waals surface area contributed by atoms with Gasteiger partial charge in [-0.05, 0) is 85.2 Å². The molecule has 0 N–H and O–H groups in total. The number of rotatable bonds is 13. The summed E-state index contributed by atoms with van der Waals surface area (Å²) in [5, 5.41) is 21.7. The molecule has 0 bridgehead atoms. The molecule has 17 nitrogen and oxygen atoms in total. The molecule has 2 unspecified atom stereocenters. The van der Waals surface area contributed by atoms with Crippen molar-refractivity contribution in [1.82, 2.24) is 9.97 Å². The number of pyridine rings is 2. The van der Waals surface area contributed by atoms with Crippen molar-refractivity contribution in [1.29, 1.82) is 0 Å². The summed E-state index contributed by atoms with van der Waals surface area (Å²) in [6.45, 7) is 2.19. The maximum atomic E-state index is 13.5. The number of aryl methyl sites for hydroxylation is 2. The van der Waals surface area contributed by atoms with E-state index in [0.29, 0.717) is 15.6 Å². The van der Waals surface area contributed by atoms with E-state index in [1.54, 1.807) is 6.92 Å². The van der Waals surface area contributed by atoms with Gasteiger partial charge in [-0.1, -0.05) is 4.57 Å². The number of nitrogens with zero attached hydrogens (tertiary/aromatic N) is 4. The lowest BCUT2D eigenvalue weighted by Crippen LogP contribution is -2.23. The van der Waals surface area contributed by atoms with Gasteiger partial charge in [0.2, 0.25) is 0 Å². The Kier molecular flexibility index (Phi) is 17.9. The smallest absolute Gasteiger partial charge is 0.321 e. The summed E-state index contributed by atoms with van der Waals surface area (Å²) in [7, 11) is -14.8. The first-order valence-electron chi connectivity index (χ1n) is 15.7. The molecule has 0 spiro atoms. The van der Waals surface area contributed by atoms with E-state index in [-0.39, 0.29) is 34.4 Å². The van der Waals surface area contributed by atoms with Crippen LogP contribution in [0.25, 0.3) is 0 Å². The largest absolute Gasteiger partial charge is 0.413 e. The fourth-order valence-corrected chi connectivity index (χ4v) is 9.03. The molecule has 0 amide bonds. The highest BCUT2D eigenvalue weighted by Gasteiger charge is 2.35. The van der Waals surface area contributed by atoms with Crippen LogP contribution < -0.4 is 16.0 Å². The monoisotopic (exact) mass is 985 g/mol. The summed E-state index contributed by atoms with van der Waals surface area (Å²) >= 11 is 3.07. The van der Waals surface area contributed by atoms with Gasteiger partial charge in [0, 0.05) is 41.0 Å². The molecule has 0 saturated carbocycles. The van der Waals surface area contributed by atoms with Crippen LogP contribution in [0.15, 0.2) is 87.2 Å². The van der Waals surface area contributed by atoms with Crippen molar-refractivity contribution in [2.24, 2.45) is 0 Å². The number of nitro groups is 2. The summed E-state index contributed by atoms with van der Waals surface area (Å²) in [4.78, 5) is 27.2. The predicted molar refractivity (Wildman–Crippen MR) is 202 cm³/mol. The quantitative estimate of drug-likeness (QED) is 0.0329. The van der Waals surface area contributed by atoms with Crippen molar-refractivity contribution in [2.75, 3.05) is 26.5 Å². The van der Waals surface area contributed by atoms with E-state index in [9.17, 15) is 72.5 Å². The number of hydrogen-bond donors (Lipinski definition) is 0. The van der Waals surface area contributed by atoms with Crippen LogP contribution in [0.3, 0.4) is 0 Å². The Morgan fingerprint density at radius 1 is 0.746 bits per heavy atom. The number of benzene rings is 2. The molecular formula is C31H30BrF6N4O13P2S2+. The zero-order chi connectivity index (χ0) is 45.1. The average Bonchev–Trinajstić information content (AvgIpc) is 3.13. The summed E-state index contributed by atoms with van der Waals surface area (Å²) in [6, 6.07) is 13.5. The lowest BCUT2D eigenvalue weighted by molar-refractivity contribution is -0.385. The molecule has 28 heteroatoms. The van der Waals surface area contributed by atoms with Gasteiger partial charge in [0.1, 0.15) is 16.7 Å². The lowest BCUT2D eigenvalue weighted by Gasteiger charge is -2.18. The molecule has 4 aromatic rings. The Morgan fingerprint density at radius 3 is 1.53 bits per heavy atom. The van der Waals surface area contributed by atoms with Crippen LogP contribution in [-0.2, 0) is 42.3 Å². The van der Waals surface area contributed by atoms with E-state index in [0.717, 1.165) is 42.5 Å². The topological polar surface area (TPSA) is 242 Å². The highest BCUT2D eigenvalue weighted by Crippen LogP contribution is 2.44. The van der Waals surface area contributed by atoms with Crippen LogP contribution in [0.4, 0.5) is 37.7 Å². The number of hydrogen-bond acceptors (Lipinski definition) is 15. The molecule has 2 atom stereocenters. The van der Waals surface area contributed by atoms with Crippen molar-refractivity contribution in [3.63, 3.8) is 0 Å². The molecule has 2 aromatic carbocycles. The maximum absolute atomic E-state index is 13.5. The van der Waals surface area contributed by atoms with Crippen molar-refractivity contribution in [3.8, 4) is 0 Å². The second kappa shape index (κ2) is 20.8. The number of aromatic nitrogens is 2. The first-order chi connectivity index (χ1) is 27.0. The summed E-state index contributed by atoms with van der Waals surface area (Å²) in [5.41, 5.74) is 0.312. The minimum atomic E-state index is -4.84. The molecule has 0 aliphatic heterocycles. The van der Waals surface area contributed by atoms with Gasteiger partial charge in [0.05, 0.1) is 26.2 Å². The van der Waals surface area contributed by atoms with Crippen molar-refractivity contribution < 1.29 is 75.0 Å². The molecule has 0 radical (unpaired) electrons. The Labute approximate surface area is 341 Å². The van der Waals surface area contributed by atoms with Crippen LogP contribution in [0.5, 0.6) is 0 Å². The van der Waals surface area contributed by atoms with Crippen molar-refractivity contribution >= 4 is 78.8 Å². The fraction of sp³-hybridized carbons (Fsp3) is 0.290. The van der Waals surface area contributed by atoms with E-state index in [1.165, 1.54) is 50.8 Å². The molecule has 0 aliphatic carbocycles. The minimum absolute atomic E-state index is 0.0495. The van der Waals surface area contributed by atoms with Gasteiger partial charge in [-0.2, -0.15) is 43.2 Å². The molecule has 2 heterocycles. The zero-order valence-electron chi connectivity index (χ0n) is 30.5. The van der Waals surface area contributed by atoms with Gasteiger partial charge in [0.15, 0.2) is 18.5 Å². The predicted octanol–water partition coefficient (Wildman–Crippen LogP) is 6.93. The van der Waals surface area contributed by atoms with Crippen molar-refractivity contribution in [2.45, 2.75) is 42.9 Å². The van der Waals surface area contributed by atoms with Gasteiger partial charge < -0.3 is 4.52 Å². The highest BCUT2D eigenvalue weighted by molar-refractivity contribution is 9.10. The lowest BCUT2D eigenvalue weighted by atomic mass is 10.3. The van der Waals surface area contributed by atoms with E-state index < -0.39 is 80.6 Å². The molecular weight excluding hydrogens is 956 g/mol. The van der Waals surface area contributed by atoms with Gasteiger partial charge in [-0.15, -0.1) is 0 Å². The second-order valence-electron chi connectivity index (χ2n) is 11.2. The molecule has 0 fully saturated rings. The Balaban J connectivity index is 0.000000347. The maximum Gasteiger partial charge on any atom is 0.413 e. The summed E-state index contributed by atoms with van der Waals surface area (Å²) in [6.07, 6.45) is -9.57. The van der Waals surface area contributed by atoms with Gasteiger partial charge >= 0.3 is 20.2 Å². The third kappa shape index (κ3) is 16.4. The van der Waals surface area contributed by atoms with Gasteiger partial charge in [-0.25, -0.2) is 9.97 Å². The Bertz CT molecular complexity index is 2410. The van der Waals surface area contributed by atoms with E-state index >= 15 is 0 Å². The zero-order valence-corrected chi connectivity index (χ0v) is 35.5. The molecule has 0 saturated heterocycles. The number of halogens is 7. The third-order valence-corrected chi connectivity index (χ3v) is 13.0. The van der Waals surface area contributed by atoms with Crippen LogP contribution in [0.1, 0.15) is 18.3 Å². The molecule has 322 valence electrons. The van der Waals surface area contributed by atoms with Crippen LogP contribution in [-0.4, -0.2) is 75.5 Å². The van der Waals surface area contributed by atoms with Crippen molar-refractivity contribution in [3.05, 3.63) is 109 Å². The average molecular weight is 987 g/mol. The summed E-state index contributed by atoms with van der Waals surface area (Å²) < 4.78 is 157. The highest BCUT2D eigenvalue weighted by atomic mass is 79.9. The first kappa shape index (κ1) is 50.9. The summed E-state index contributed by atoms with van der Waals surface area (Å²) in [5.74, 6) is 0. The standard InChI is InChI=1S/C16H16F3N2O7PS.C9H9F3O4PS.C6H5BrN2O2/c1-3-27-29(24,15-9-12(21(22)23)8-11(2)20-15)13-4-6-14(7-5-13)30(25,26)28-10-16(17,18)19;1-17(13)7-2-4-8(5-3-7)18(14,15)16-6-9(10,11)12;1-4-2-5(9(10)11)3-6(7)8-4/h4-9H,3,10H2,1-2H3;2-5H,6H2,1H3;2-3H,1H3/q;+1;. The first-order valence-corrected chi connectivity index (χ1v) is 22.6. The fourth-order valence-electron chi connectivity index (χ4n) is 4.12. The van der Waals surface area contributed by atoms with Gasteiger partial charge in [0.25, 0.3) is 39.0 Å². The number of alkyl halides is 6. The SMILES string of the molecule is CCOP(=O)(c1ccc(S(=O)(=O)OCC(F)(F)F)cc1)c1cc([N+](=O)[O-])cc(C)n1.C[P+](=O)c1ccc(S(=O)(=O)OCC(F)(F)F)cc1.Cc1cc([N+](=O)[O-])cc(Br)n1. The molecule has 59 heavy (non-hydrogen) atoms. The minimum Gasteiger partial charge on any atom is -0.321 e. The van der Waals surface area contributed by atoms with E-state index in [2.05, 4.69) is 34.3 Å². The second-order valence-corrected chi connectivity index (χ2v) is 19.1. The van der Waals surface area contributed by atoms with E-state index in [4.69, 9.17) is 4.52 Å². The Hall–Kier alpha value is -4.29. The van der Waals surface area contributed by atoms with E-state index in [1.807, 2.05) is 0 Å². The van der Waals surface area contributed by atoms with Crippen LogP contribution in [0, 0.1) is 34.1 Å². The third-order valence-electron chi connectivity index (χ3n) is 6.58. The molecule has 4 rings (SSSR count). The molecule has 0 aliphatic rings. The van der Waals surface area contributed by atoms with Crippen LogP contribution >= 0.6 is 31.1 Å². The van der Waals surface area contributed by atoms with Crippen LogP contribution in [0.2, 0.25) is 0 Å². The normalized spacial score (nSPS) is 13.2. The van der Waals surface area contributed by atoms with Gasteiger partial charge in [-0.3, -0.25) is 33.2 Å².